The minimum atomic E-state index is -0.248. The first kappa shape index (κ1) is 18.7. The highest BCUT2D eigenvalue weighted by Crippen LogP contribution is 2.40. The summed E-state index contributed by atoms with van der Waals surface area (Å²) in [6.45, 7) is 0. The standard InChI is InChI=1S/C22H20FN5O/c1-25-21-18-10-9-17(13-3-6-15(23)7-4-13)20(18)27-22(28-21)26-16-8-5-14(12-24)19(11-16)29-2/h3-8,11,17H,9-10H2,1-2H3,(H2,25,26,27,28). The van der Waals surface area contributed by atoms with Gasteiger partial charge in [0.1, 0.15) is 23.5 Å². The Hall–Kier alpha value is -3.66. The first-order valence-corrected chi connectivity index (χ1v) is 9.32. The molecule has 1 heterocycles. The number of methoxy groups -OCH3 is 1. The summed E-state index contributed by atoms with van der Waals surface area (Å²) < 4.78 is 18.6. The lowest BCUT2D eigenvalue weighted by atomic mass is 9.97. The fourth-order valence-electron chi connectivity index (χ4n) is 3.73. The van der Waals surface area contributed by atoms with Gasteiger partial charge in [0, 0.05) is 30.3 Å². The van der Waals surface area contributed by atoms with Crippen molar-refractivity contribution in [3.05, 3.63) is 70.7 Å². The van der Waals surface area contributed by atoms with Crippen LogP contribution in [0.2, 0.25) is 0 Å². The minimum Gasteiger partial charge on any atom is -0.495 e. The molecule has 0 amide bonds. The Bertz CT molecular complexity index is 1090. The van der Waals surface area contributed by atoms with Crippen LogP contribution < -0.4 is 15.4 Å². The van der Waals surface area contributed by atoms with Crippen LogP contribution in [-0.2, 0) is 6.42 Å². The lowest BCUT2D eigenvalue weighted by Crippen LogP contribution is -2.08. The van der Waals surface area contributed by atoms with E-state index in [1.54, 1.807) is 18.2 Å². The van der Waals surface area contributed by atoms with E-state index in [4.69, 9.17) is 15.0 Å². The molecule has 0 radical (unpaired) electrons. The molecule has 7 heteroatoms. The van der Waals surface area contributed by atoms with Crippen LogP contribution in [0, 0.1) is 17.1 Å². The molecule has 1 atom stereocenters. The van der Waals surface area contributed by atoms with E-state index < -0.39 is 0 Å². The van der Waals surface area contributed by atoms with Crippen LogP contribution in [0.15, 0.2) is 42.5 Å². The van der Waals surface area contributed by atoms with E-state index in [-0.39, 0.29) is 11.7 Å². The van der Waals surface area contributed by atoms with Crippen molar-refractivity contribution in [3.63, 3.8) is 0 Å². The number of hydrogen-bond donors (Lipinski definition) is 2. The molecule has 146 valence electrons. The number of hydrogen-bond acceptors (Lipinski definition) is 6. The third-order valence-corrected chi connectivity index (χ3v) is 5.14. The van der Waals surface area contributed by atoms with Crippen molar-refractivity contribution in [2.24, 2.45) is 0 Å². The number of nitrogens with zero attached hydrogens (tertiary/aromatic N) is 3. The largest absolute Gasteiger partial charge is 0.495 e. The second-order valence-electron chi connectivity index (χ2n) is 6.80. The summed E-state index contributed by atoms with van der Waals surface area (Å²) in [7, 11) is 3.36. The molecule has 1 aromatic heterocycles. The molecule has 2 N–H and O–H groups in total. The van der Waals surface area contributed by atoms with Crippen molar-refractivity contribution in [2.75, 3.05) is 24.8 Å². The third-order valence-electron chi connectivity index (χ3n) is 5.14. The summed E-state index contributed by atoms with van der Waals surface area (Å²) in [4.78, 5) is 9.37. The van der Waals surface area contributed by atoms with Gasteiger partial charge >= 0.3 is 0 Å². The quantitative estimate of drug-likeness (QED) is 0.675. The Kier molecular flexibility index (Phi) is 5.00. The summed E-state index contributed by atoms with van der Waals surface area (Å²) in [6, 6.07) is 13.9. The second kappa shape index (κ2) is 7.76. The van der Waals surface area contributed by atoms with E-state index in [9.17, 15) is 4.39 Å². The van der Waals surface area contributed by atoms with Crippen LogP contribution in [-0.4, -0.2) is 24.1 Å². The van der Waals surface area contributed by atoms with Gasteiger partial charge in [-0.25, -0.2) is 9.37 Å². The number of nitrogens with one attached hydrogen (secondary N) is 2. The predicted molar refractivity (Wildman–Crippen MR) is 109 cm³/mol. The molecule has 1 aliphatic carbocycles. The van der Waals surface area contributed by atoms with E-state index in [1.807, 2.05) is 19.2 Å². The lowest BCUT2D eigenvalue weighted by molar-refractivity contribution is 0.413. The molecule has 3 aromatic rings. The van der Waals surface area contributed by atoms with Crippen molar-refractivity contribution in [1.29, 1.82) is 5.26 Å². The van der Waals surface area contributed by atoms with Gasteiger partial charge in [-0.3, -0.25) is 0 Å². The highest BCUT2D eigenvalue weighted by Gasteiger charge is 2.29. The van der Waals surface area contributed by atoms with Crippen LogP contribution in [0.3, 0.4) is 0 Å². The fourth-order valence-corrected chi connectivity index (χ4v) is 3.73. The zero-order valence-electron chi connectivity index (χ0n) is 16.2. The smallest absolute Gasteiger partial charge is 0.229 e. The number of ether oxygens (including phenoxy) is 1. The van der Waals surface area contributed by atoms with Gasteiger partial charge in [-0.2, -0.15) is 10.2 Å². The summed E-state index contributed by atoms with van der Waals surface area (Å²) in [6.07, 6.45) is 1.76. The number of fused-ring (bicyclic) bond motifs is 1. The molecule has 0 saturated heterocycles. The molecule has 2 aromatic carbocycles. The Balaban J connectivity index is 1.70. The number of aromatic nitrogens is 2. The maximum atomic E-state index is 13.3. The van der Waals surface area contributed by atoms with Crippen LogP contribution >= 0.6 is 0 Å². The average molecular weight is 389 g/mol. The fraction of sp³-hybridized carbons (Fsp3) is 0.227. The molecular weight excluding hydrogens is 369 g/mol. The van der Waals surface area contributed by atoms with Crippen molar-refractivity contribution in [1.82, 2.24) is 9.97 Å². The van der Waals surface area contributed by atoms with Gasteiger partial charge in [-0.05, 0) is 42.7 Å². The topological polar surface area (TPSA) is 82.9 Å². The Labute approximate surface area is 168 Å². The number of halogens is 1. The van der Waals surface area contributed by atoms with Crippen LogP contribution in [0.4, 0.5) is 21.8 Å². The molecule has 0 fully saturated rings. The number of rotatable bonds is 5. The normalized spacial score (nSPS) is 14.8. The summed E-state index contributed by atoms with van der Waals surface area (Å²) >= 11 is 0. The van der Waals surface area contributed by atoms with Gasteiger partial charge in [-0.1, -0.05) is 12.1 Å². The van der Waals surface area contributed by atoms with Gasteiger partial charge in [0.25, 0.3) is 0 Å². The molecule has 1 unspecified atom stereocenters. The number of nitriles is 1. The SMILES string of the molecule is CNc1nc(Nc2ccc(C#N)c(OC)c2)nc2c1CCC2c1ccc(F)cc1. The van der Waals surface area contributed by atoms with E-state index in [2.05, 4.69) is 21.7 Å². The van der Waals surface area contributed by atoms with Crippen LogP contribution in [0.1, 0.15) is 34.7 Å². The van der Waals surface area contributed by atoms with Gasteiger partial charge in [0.05, 0.1) is 18.4 Å². The zero-order valence-corrected chi connectivity index (χ0v) is 16.2. The number of anilines is 3. The van der Waals surface area contributed by atoms with Crippen LogP contribution in [0.5, 0.6) is 5.75 Å². The highest BCUT2D eigenvalue weighted by molar-refractivity contribution is 5.63. The molecule has 0 aliphatic heterocycles. The molecule has 0 saturated carbocycles. The van der Waals surface area contributed by atoms with Gasteiger partial charge in [-0.15, -0.1) is 0 Å². The lowest BCUT2D eigenvalue weighted by Gasteiger charge is -2.15. The summed E-state index contributed by atoms with van der Waals surface area (Å²) in [5, 5.41) is 15.5. The molecule has 1 aliphatic rings. The number of benzene rings is 2. The molecule has 4 rings (SSSR count). The maximum Gasteiger partial charge on any atom is 0.229 e. The molecular formula is C22H20FN5O. The third kappa shape index (κ3) is 3.57. The monoisotopic (exact) mass is 389 g/mol. The molecule has 0 bridgehead atoms. The summed E-state index contributed by atoms with van der Waals surface area (Å²) in [5.74, 6) is 1.56. The van der Waals surface area contributed by atoms with Crippen molar-refractivity contribution in [2.45, 2.75) is 18.8 Å². The molecule has 6 nitrogen and oxygen atoms in total. The Morgan fingerprint density at radius 2 is 1.97 bits per heavy atom. The maximum absolute atomic E-state index is 13.3. The van der Waals surface area contributed by atoms with Gasteiger partial charge in [0.15, 0.2) is 0 Å². The van der Waals surface area contributed by atoms with Crippen molar-refractivity contribution >= 4 is 17.5 Å². The van der Waals surface area contributed by atoms with Gasteiger partial charge < -0.3 is 15.4 Å². The first-order valence-electron chi connectivity index (χ1n) is 9.32. The van der Waals surface area contributed by atoms with E-state index >= 15 is 0 Å². The highest BCUT2D eigenvalue weighted by atomic mass is 19.1. The predicted octanol–water partition coefficient (Wildman–Crippen LogP) is 4.36. The first-order chi connectivity index (χ1) is 14.1. The minimum absolute atomic E-state index is 0.0942. The average Bonchev–Trinajstić information content (AvgIpc) is 3.17. The van der Waals surface area contributed by atoms with E-state index in [1.165, 1.54) is 19.2 Å². The Morgan fingerprint density at radius 1 is 1.17 bits per heavy atom. The van der Waals surface area contributed by atoms with E-state index in [0.29, 0.717) is 17.3 Å². The van der Waals surface area contributed by atoms with Crippen molar-refractivity contribution in [3.8, 4) is 11.8 Å². The van der Waals surface area contributed by atoms with E-state index in [0.717, 1.165) is 41.2 Å². The second-order valence-corrected chi connectivity index (χ2v) is 6.80. The zero-order chi connectivity index (χ0) is 20.4. The molecule has 0 spiro atoms. The van der Waals surface area contributed by atoms with Gasteiger partial charge in [0.2, 0.25) is 5.95 Å². The van der Waals surface area contributed by atoms with Crippen molar-refractivity contribution < 1.29 is 9.13 Å². The van der Waals surface area contributed by atoms with Crippen LogP contribution in [0.25, 0.3) is 0 Å². The summed E-state index contributed by atoms with van der Waals surface area (Å²) in [5.41, 5.74) is 4.25. The Morgan fingerprint density at radius 3 is 2.66 bits per heavy atom. The molecule has 29 heavy (non-hydrogen) atoms.